The lowest BCUT2D eigenvalue weighted by molar-refractivity contribution is -0.121. The van der Waals surface area contributed by atoms with E-state index in [1.165, 1.54) is 0 Å². The molecule has 78 valence electrons. The van der Waals surface area contributed by atoms with Gasteiger partial charge in [0.05, 0.1) is 6.26 Å². The zero-order chi connectivity index (χ0) is 10.5. The van der Waals surface area contributed by atoms with E-state index in [0.29, 0.717) is 12.3 Å². The molecule has 13 heavy (non-hydrogen) atoms. The minimum Gasteiger partial charge on any atom is -0.278 e. The molecule has 0 aliphatic rings. The fraction of sp³-hybridized carbons (Fsp3) is 0.857. The SMILES string of the molecule is CC(C)CCC(=O)NNS(C)(=O)=O. The number of sulfonamides is 1. The van der Waals surface area contributed by atoms with Gasteiger partial charge in [0.15, 0.2) is 0 Å². The molecule has 0 aliphatic heterocycles. The van der Waals surface area contributed by atoms with Gasteiger partial charge in [0.25, 0.3) is 0 Å². The summed E-state index contributed by atoms with van der Waals surface area (Å²) in [5, 5.41) is 0. The normalized spacial score (nSPS) is 11.7. The molecule has 0 atom stereocenters. The molecular formula is C7H16N2O3S. The van der Waals surface area contributed by atoms with Gasteiger partial charge in [-0.2, -0.15) is 0 Å². The largest absolute Gasteiger partial charge is 0.278 e. The Morgan fingerprint density at radius 2 is 1.92 bits per heavy atom. The molecule has 0 saturated heterocycles. The van der Waals surface area contributed by atoms with E-state index in [2.05, 4.69) is 5.43 Å². The van der Waals surface area contributed by atoms with Gasteiger partial charge in [0, 0.05) is 6.42 Å². The Kier molecular flexibility index (Phi) is 4.94. The number of rotatable bonds is 5. The minimum absolute atomic E-state index is 0.306. The van der Waals surface area contributed by atoms with E-state index < -0.39 is 10.0 Å². The lowest BCUT2D eigenvalue weighted by Crippen LogP contribution is -2.40. The van der Waals surface area contributed by atoms with Gasteiger partial charge in [-0.3, -0.25) is 10.2 Å². The second-order valence-corrected chi connectivity index (χ2v) is 5.10. The smallest absolute Gasteiger partial charge is 0.234 e. The predicted octanol–water partition coefficient (Wildman–Crippen LogP) is 0.00300. The molecule has 0 unspecified atom stereocenters. The first-order chi connectivity index (χ1) is 5.81. The Bertz CT molecular complexity index is 259. The van der Waals surface area contributed by atoms with Crippen LogP contribution < -0.4 is 10.3 Å². The van der Waals surface area contributed by atoms with Gasteiger partial charge in [-0.1, -0.05) is 13.8 Å². The van der Waals surface area contributed by atoms with Crippen LogP contribution in [0, 0.1) is 5.92 Å². The molecule has 0 bridgehead atoms. The average Bonchev–Trinajstić information content (AvgIpc) is 1.95. The molecule has 6 heteroatoms. The van der Waals surface area contributed by atoms with Gasteiger partial charge in [-0.25, -0.2) is 8.42 Å². The first-order valence-corrected chi connectivity index (χ1v) is 5.96. The summed E-state index contributed by atoms with van der Waals surface area (Å²) in [5.74, 6) is 0.128. The van der Waals surface area contributed by atoms with Gasteiger partial charge in [-0.05, 0) is 12.3 Å². The number of carbonyl (C=O) groups is 1. The van der Waals surface area contributed by atoms with Crippen LogP contribution in [0.25, 0.3) is 0 Å². The standard InChI is InChI=1S/C7H16N2O3S/c1-6(2)4-5-7(10)8-9-13(3,11)12/h6,9H,4-5H2,1-3H3,(H,8,10). The molecule has 1 amide bonds. The number of carbonyl (C=O) groups excluding carboxylic acids is 1. The summed E-state index contributed by atoms with van der Waals surface area (Å²) < 4.78 is 21.1. The Morgan fingerprint density at radius 1 is 1.38 bits per heavy atom. The van der Waals surface area contributed by atoms with Crippen LogP contribution in [-0.2, 0) is 14.8 Å². The summed E-state index contributed by atoms with van der Waals surface area (Å²) in [6.45, 7) is 3.99. The zero-order valence-corrected chi connectivity index (χ0v) is 8.94. The van der Waals surface area contributed by atoms with Gasteiger partial charge < -0.3 is 0 Å². The molecular weight excluding hydrogens is 192 g/mol. The van der Waals surface area contributed by atoms with E-state index in [9.17, 15) is 13.2 Å². The Balaban J connectivity index is 3.65. The highest BCUT2D eigenvalue weighted by molar-refractivity contribution is 7.88. The van der Waals surface area contributed by atoms with Gasteiger partial charge in [0.1, 0.15) is 0 Å². The van der Waals surface area contributed by atoms with Crippen molar-refractivity contribution in [3.8, 4) is 0 Å². The van der Waals surface area contributed by atoms with Crippen molar-refractivity contribution < 1.29 is 13.2 Å². The number of hydrogen-bond acceptors (Lipinski definition) is 3. The van der Waals surface area contributed by atoms with Crippen LogP contribution >= 0.6 is 0 Å². The Hall–Kier alpha value is -0.620. The number of hydrogen-bond donors (Lipinski definition) is 2. The maximum Gasteiger partial charge on any atom is 0.234 e. The van der Waals surface area contributed by atoms with E-state index in [0.717, 1.165) is 12.7 Å². The van der Waals surface area contributed by atoms with Crippen molar-refractivity contribution >= 4 is 15.9 Å². The van der Waals surface area contributed by atoms with Crippen LogP contribution in [0.4, 0.5) is 0 Å². The van der Waals surface area contributed by atoms with Crippen LogP contribution in [0.3, 0.4) is 0 Å². The number of hydrazine groups is 1. The molecule has 2 N–H and O–H groups in total. The highest BCUT2D eigenvalue weighted by Gasteiger charge is 2.05. The second-order valence-electron chi connectivity index (χ2n) is 3.35. The highest BCUT2D eigenvalue weighted by atomic mass is 32.2. The monoisotopic (exact) mass is 208 g/mol. The lowest BCUT2D eigenvalue weighted by Gasteiger charge is -2.06. The van der Waals surface area contributed by atoms with Gasteiger partial charge in [0.2, 0.25) is 15.9 Å². The van der Waals surface area contributed by atoms with E-state index in [-0.39, 0.29) is 5.91 Å². The van der Waals surface area contributed by atoms with E-state index in [4.69, 9.17) is 0 Å². The maximum absolute atomic E-state index is 11.0. The molecule has 0 aliphatic carbocycles. The maximum atomic E-state index is 11.0. The summed E-state index contributed by atoms with van der Waals surface area (Å²) in [7, 11) is -3.34. The third-order valence-electron chi connectivity index (χ3n) is 1.32. The van der Waals surface area contributed by atoms with Gasteiger partial charge >= 0.3 is 0 Å². The highest BCUT2D eigenvalue weighted by Crippen LogP contribution is 2.02. The topological polar surface area (TPSA) is 75.3 Å². The molecule has 0 rings (SSSR count). The number of amides is 1. The van der Waals surface area contributed by atoms with Gasteiger partial charge in [-0.15, -0.1) is 4.83 Å². The Labute approximate surface area is 78.9 Å². The molecule has 0 aromatic carbocycles. The van der Waals surface area contributed by atoms with E-state index in [1.54, 1.807) is 0 Å². The molecule has 0 fully saturated rings. The third kappa shape index (κ3) is 9.29. The molecule has 0 saturated carbocycles. The van der Waals surface area contributed by atoms with Crippen LogP contribution in [0.2, 0.25) is 0 Å². The van der Waals surface area contributed by atoms with Crippen molar-refractivity contribution in [3.63, 3.8) is 0 Å². The summed E-state index contributed by atoms with van der Waals surface area (Å²) in [4.78, 5) is 12.9. The summed E-state index contributed by atoms with van der Waals surface area (Å²) >= 11 is 0. The molecule has 0 heterocycles. The van der Waals surface area contributed by atoms with Crippen molar-refractivity contribution in [2.24, 2.45) is 5.92 Å². The minimum atomic E-state index is -3.34. The summed E-state index contributed by atoms with van der Waals surface area (Å²) in [5.41, 5.74) is 2.10. The molecule has 0 spiro atoms. The predicted molar refractivity (Wildman–Crippen MR) is 50.2 cm³/mol. The fourth-order valence-corrected chi connectivity index (χ4v) is 0.931. The molecule has 5 nitrogen and oxygen atoms in total. The molecule has 0 radical (unpaired) electrons. The Morgan fingerprint density at radius 3 is 2.31 bits per heavy atom. The van der Waals surface area contributed by atoms with Crippen molar-refractivity contribution in [1.82, 2.24) is 10.3 Å². The van der Waals surface area contributed by atoms with Crippen molar-refractivity contribution in [2.75, 3.05) is 6.26 Å². The van der Waals surface area contributed by atoms with Crippen molar-refractivity contribution in [2.45, 2.75) is 26.7 Å². The summed E-state index contributed by atoms with van der Waals surface area (Å²) in [6, 6.07) is 0. The van der Waals surface area contributed by atoms with Crippen LogP contribution in [-0.4, -0.2) is 20.6 Å². The van der Waals surface area contributed by atoms with Crippen molar-refractivity contribution in [3.05, 3.63) is 0 Å². The first-order valence-electron chi connectivity index (χ1n) is 4.07. The second kappa shape index (κ2) is 5.18. The quantitative estimate of drug-likeness (QED) is 0.625. The van der Waals surface area contributed by atoms with Crippen LogP contribution in [0.5, 0.6) is 0 Å². The lowest BCUT2D eigenvalue weighted by atomic mass is 10.1. The average molecular weight is 208 g/mol. The summed E-state index contributed by atoms with van der Waals surface area (Å²) in [6.07, 6.45) is 2.06. The van der Waals surface area contributed by atoms with Crippen molar-refractivity contribution in [1.29, 1.82) is 0 Å². The number of nitrogens with one attached hydrogen (secondary N) is 2. The van der Waals surface area contributed by atoms with Crippen LogP contribution in [0.1, 0.15) is 26.7 Å². The molecule has 0 aromatic rings. The fourth-order valence-electron chi connectivity index (χ4n) is 0.632. The first kappa shape index (κ1) is 12.4. The zero-order valence-electron chi connectivity index (χ0n) is 8.12. The third-order valence-corrected chi connectivity index (χ3v) is 1.80. The van der Waals surface area contributed by atoms with E-state index in [1.807, 2.05) is 18.7 Å². The van der Waals surface area contributed by atoms with Crippen LogP contribution in [0.15, 0.2) is 0 Å². The molecule has 0 aromatic heterocycles. The van der Waals surface area contributed by atoms with E-state index >= 15 is 0 Å².